The van der Waals surface area contributed by atoms with E-state index in [4.69, 9.17) is 0 Å². The summed E-state index contributed by atoms with van der Waals surface area (Å²) in [5.41, 5.74) is 1.95. The van der Waals surface area contributed by atoms with Crippen molar-refractivity contribution < 1.29 is 14.7 Å². The molecule has 7 nitrogen and oxygen atoms in total. The zero-order valence-electron chi connectivity index (χ0n) is 14.0. The fourth-order valence-corrected chi connectivity index (χ4v) is 2.95. The number of piperidine rings is 1. The summed E-state index contributed by atoms with van der Waals surface area (Å²) in [5, 5.41) is 20.5. The van der Waals surface area contributed by atoms with Crippen molar-refractivity contribution in [2.75, 3.05) is 0 Å². The number of rotatable bonds is 7. The number of aliphatic hydroxyl groups is 1. The quantitative estimate of drug-likeness (QED) is 0.737. The van der Waals surface area contributed by atoms with Crippen LogP contribution in [0.2, 0.25) is 0 Å². The number of benzene rings is 1. The average molecular weight is 342 g/mol. The summed E-state index contributed by atoms with van der Waals surface area (Å²) in [4.78, 5) is 23.0. The molecule has 3 rings (SSSR count). The summed E-state index contributed by atoms with van der Waals surface area (Å²) in [6, 6.07) is 9.59. The topological polar surface area (TPSA) is 97.1 Å². The number of nitrogens with one attached hydrogen (secondary N) is 1. The van der Waals surface area contributed by atoms with Crippen molar-refractivity contribution in [3.8, 4) is 0 Å². The largest absolute Gasteiger partial charge is 0.393 e. The van der Waals surface area contributed by atoms with E-state index in [1.54, 1.807) is 6.20 Å². The number of nitrogens with zero attached hydrogens (tertiary/aromatic N) is 3. The van der Waals surface area contributed by atoms with Crippen LogP contribution in [0.1, 0.15) is 43.0 Å². The Hall–Kier alpha value is -2.54. The van der Waals surface area contributed by atoms with Crippen molar-refractivity contribution in [2.24, 2.45) is 0 Å². The van der Waals surface area contributed by atoms with Crippen LogP contribution < -0.4 is 5.32 Å². The van der Waals surface area contributed by atoms with Crippen LogP contribution in [0.15, 0.2) is 36.5 Å². The van der Waals surface area contributed by atoms with Gasteiger partial charge in [-0.15, -0.1) is 5.10 Å². The molecule has 7 heteroatoms. The van der Waals surface area contributed by atoms with Gasteiger partial charge in [0.15, 0.2) is 0 Å². The van der Waals surface area contributed by atoms with Gasteiger partial charge < -0.3 is 5.11 Å². The van der Waals surface area contributed by atoms with Crippen molar-refractivity contribution in [2.45, 2.75) is 50.7 Å². The highest BCUT2D eigenvalue weighted by Crippen LogP contribution is 2.18. The Bertz CT molecular complexity index is 729. The van der Waals surface area contributed by atoms with Gasteiger partial charge in [-0.25, -0.2) is 4.68 Å². The third-order valence-electron chi connectivity index (χ3n) is 4.43. The maximum absolute atomic E-state index is 11.8. The van der Waals surface area contributed by atoms with Gasteiger partial charge in [-0.1, -0.05) is 35.5 Å². The molecule has 1 aromatic carbocycles. The zero-order valence-corrected chi connectivity index (χ0v) is 14.0. The monoisotopic (exact) mass is 342 g/mol. The Morgan fingerprint density at radius 1 is 1.20 bits per heavy atom. The number of hydrogen-bond donors (Lipinski definition) is 2. The number of aliphatic hydroxyl groups excluding tert-OH is 1. The van der Waals surface area contributed by atoms with Gasteiger partial charge in [0.25, 0.3) is 5.91 Å². The van der Waals surface area contributed by atoms with Gasteiger partial charge in [0.05, 0.1) is 11.8 Å². The highest BCUT2D eigenvalue weighted by Gasteiger charge is 2.28. The van der Waals surface area contributed by atoms with Crippen LogP contribution in [0.3, 0.4) is 0 Å². The van der Waals surface area contributed by atoms with Gasteiger partial charge in [0, 0.05) is 12.6 Å². The van der Waals surface area contributed by atoms with E-state index in [0.717, 1.165) is 12.1 Å². The maximum Gasteiger partial charge on any atom is 0.251 e. The second kappa shape index (κ2) is 8.02. The lowest BCUT2D eigenvalue weighted by Gasteiger charge is -2.20. The molecule has 2 N–H and O–H groups in total. The summed E-state index contributed by atoms with van der Waals surface area (Å²) < 4.78 is 1.51. The number of carbonyl (C=O) groups excluding carboxylic acids is 2. The van der Waals surface area contributed by atoms with E-state index in [0.29, 0.717) is 32.1 Å². The minimum Gasteiger partial charge on any atom is -0.393 e. The molecule has 0 aliphatic carbocycles. The number of aromatic nitrogens is 3. The van der Waals surface area contributed by atoms with E-state index >= 15 is 0 Å². The lowest BCUT2D eigenvalue weighted by Crippen LogP contribution is -2.41. The molecule has 25 heavy (non-hydrogen) atoms. The molecule has 2 aromatic rings. The summed E-state index contributed by atoms with van der Waals surface area (Å²) in [5.74, 6) is -0.585. The number of hydrogen-bond acceptors (Lipinski definition) is 5. The number of carbonyl (C=O) groups is 2. The molecule has 2 unspecified atom stereocenters. The van der Waals surface area contributed by atoms with E-state index < -0.39 is 12.1 Å². The normalized spacial score (nSPS) is 18.8. The van der Waals surface area contributed by atoms with Crippen LogP contribution in [0.5, 0.6) is 0 Å². The minimum atomic E-state index is -0.484. The van der Waals surface area contributed by atoms with Crippen molar-refractivity contribution >= 4 is 11.8 Å². The molecule has 1 aromatic heterocycles. The Balaban J connectivity index is 1.46. The Morgan fingerprint density at radius 3 is 2.72 bits per heavy atom. The number of imide groups is 1. The first-order valence-corrected chi connectivity index (χ1v) is 8.58. The van der Waals surface area contributed by atoms with Gasteiger partial charge >= 0.3 is 0 Å². The molecular formula is C18H22N4O3. The van der Waals surface area contributed by atoms with Crippen molar-refractivity contribution in [3.63, 3.8) is 0 Å². The highest BCUT2D eigenvalue weighted by molar-refractivity contribution is 5.99. The van der Waals surface area contributed by atoms with Crippen LogP contribution in [-0.2, 0) is 22.4 Å². The second-order valence-corrected chi connectivity index (χ2v) is 6.37. The average Bonchev–Trinajstić information content (AvgIpc) is 3.08. The minimum absolute atomic E-state index is 0.247. The first kappa shape index (κ1) is 17.3. The smallest absolute Gasteiger partial charge is 0.251 e. The molecule has 0 saturated carbocycles. The van der Waals surface area contributed by atoms with Crippen LogP contribution in [0.25, 0.3) is 0 Å². The fraction of sp³-hybridized carbons (Fsp3) is 0.444. The summed E-state index contributed by atoms with van der Waals surface area (Å²) in [6.07, 6.45) is 4.81. The molecule has 1 aliphatic rings. The Morgan fingerprint density at radius 2 is 1.96 bits per heavy atom. The van der Waals surface area contributed by atoms with E-state index in [-0.39, 0.29) is 11.8 Å². The van der Waals surface area contributed by atoms with Gasteiger partial charge in [-0.05, 0) is 37.7 Å². The standard InChI is InChI=1S/C18H22N4O3/c23-15(8-6-13-4-2-1-3-5-13)9-7-14-12-22(21-20-14)16-10-11-17(24)19-18(16)25/h1-5,12,15-16,23H,6-11H2,(H,19,24,25). The maximum atomic E-state index is 11.8. The van der Waals surface area contributed by atoms with Gasteiger partial charge in [-0.3, -0.25) is 14.9 Å². The zero-order chi connectivity index (χ0) is 17.6. The van der Waals surface area contributed by atoms with E-state index in [1.807, 2.05) is 18.2 Å². The van der Waals surface area contributed by atoms with Crippen LogP contribution in [-0.4, -0.2) is 38.0 Å². The molecule has 2 atom stereocenters. The third kappa shape index (κ3) is 4.73. The molecule has 132 valence electrons. The van der Waals surface area contributed by atoms with Gasteiger partial charge in [0.1, 0.15) is 6.04 Å². The van der Waals surface area contributed by atoms with Crippen LogP contribution in [0.4, 0.5) is 0 Å². The molecule has 1 aliphatic heterocycles. The van der Waals surface area contributed by atoms with Crippen molar-refractivity contribution in [1.29, 1.82) is 0 Å². The Kier molecular flexibility index (Phi) is 5.55. The lowest BCUT2D eigenvalue weighted by atomic mass is 10.0. The summed E-state index contributed by atoms with van der Waals surface area (Å²) in [6.45, 7) is 0. The molecule has 0 spiro atoms. The molecule has 2 amide bonds. The van der Waals surface area contributed by atoms with E-state index in [2.05, 4.69) is 27.8 Å². The summed E-state index contributed by atoms with van der Waals surface area (Å²) >= 11 is 0. The van der Waals surface area contributed by atoms with E-state index in [9.17, 15) is 14.7 Å². The molecule has 1 fully saturated rings. The predicted molar refractivity (Wildman–Crippen MR) is 90.5 cm³/mol. The number of aryl methyl sites for hydroxylation is 2. The third-order valence-corrected chi connectivity index (χ3v) is 4.43. The second-order valence-electron chi connectivity index (χ2n) is 6.37. The van der Waals surface area contributed by atoms with E-state index in [1.165, 1.54) is 10.2 Å². The summed E-state index contributed by atoms with van der Waals surface area (Å²) in [7, 11) is 0. The SMILES string of the molecule is O=C1CCC(n2cc(CCC(O)CCc3ccccc3)nn2)C(=O)N1. The first-order valence-electron chi connectivity index (χ1n) is 8.58. The van der Waals surface area contributed by atoms with Crippen molar-refractivity contribution in [3.05, 3.63) is 47.8 Å². The van der Waals surface area contributed by atoms with Crippen LogP contribution in [0, 0.1) is 0 Å². The predicted octanol–water partition coefficient (Wildman–Crippen LogP) is 1.18. The molecule has 0 bridgehead atoms. The molecular weight excluding hydrogens is 320 g/mol. The molecule has 2 heterocycles. The van der Waals surface area contributed by atoms with Crippen LogP contribution >= 0.6 is 0 Å². The van der Waals surface area contributed by atoms with Gasteiger partial charge in [0.2, 0.25) is 5.91 Å². The fourth-order valence-electron chi connectivity index (χ4n) is 2.95. The van der Waals surface area contributed by atoms with Crippen molar-refractivity contribution in [1.82, 2.24) is 20.3 Å². The molecule has 1 saturated heterocycles. The molecule has 0 radical (unpaired) electrons. The van der Waals surface area contributed by atoms with Gasteiger partial charge in [-0.2, -0.15) is 0 Å². The number of amides is 2. The Labute approximate surface area is 146 Å². The lowest BCUT2D eigenvalue weighted by molar-refractivity contribution is -0.136. The first-order chi connectivity index (χ1) is 12.1. The highest BCUT2D eigenvalue weighted by atomic mass is 16.3.